The summed E-state index contributed by atoms with van der Waals surface area (Å²) < 4.78 is 41.2. The van der Waals surface area contributed by atoms with Gasteiger partial charge in [0, 0.05) is 50.9 Å². The fraction of sp³-hybridized carbons (Fsp3) is 0.464. The van der Waals surface area contributed by atoms with Gasteiger partial charge in [0.2, 0.25) is 5.95 Å². The summed E-state index contributed by atoms with van der Waals surface area (Å²) in [5, 5.41) is 4.49. The molecule has 0 atom stereocenters. The van der Waals surface area contributed by atoms with E-state index in [1.54, 1.807) is 11.0 Å². The number of benzene rings is 1. The zero-order valence-corrected chi connectivity index (χ0v) is 23.1. The van der Waals surface area contributed by atoms with Crippen molar-refractivity contribution in [3.05, 3.63) is 69.0 Å². The zero-order chi connectivity index (χ0) is 27.4. The van der Waals surface area contributed by atoms with E-state index in [0.29, 0.717) is 54.9 Å². The Hall–Kier alpha value is -2.78. The predicted octanol–water partition coefficient (Wildman–Crippen LogP) is 7.19. The topological polar surface area (TPSA) is 57.2 Å². The van der Waals surface area contributed by atoms with Crippen LogP contribution < -0.4 is 15.1 Å². The lowest BCUT2D eigenvalue weighted by Gasteiger charge is -2.30. The summed E-state index contributed by atoms with van der Waals surface area (Å²) in [5.74, 6) is 1.43. The lowest BCUT2D eigenvalue weighted by atomic mass is 10.0. The van der Waals surface area contributed by atoms with E-state index in [1.165, 1.54) is 25.1 Å². The molecule has 1 N–H and O–H groups in total. The number of hydrogen-bond donors (Lipinski definition) is 1. The van der Waals surface area contributed by atoms with Crippen molar-refractivity contribution in [3.63, 3.8) is 0 Å². The maximum absolute atomic E-state index is 13.7. The third-order valence-electron chi connectivity index (χ3n) is 7.28. The van der Waals surface area contributed by atoms with Crippen molar-refractivity contribution in [2.75, 3.05) is 41.3 Å². The summed E-state index contributed by atoms with van der Waals surface area (Å²) in [6.07, 6.45) is 3.28. The van der Waals surface area contributed by atoms with Gasteiger partial charge in [0.15, 0.2) is 0 Å². The minimum Gasteiger partial charge on any atom is -0.366 e. The monoisotopic (exact) mass is 578 g/mol. The molecule has 0 bridgehead atoms. The summed E-state index contributed by atoms with van der Waals surface area (Å²) in [7, 11) is 0. The second-order valence-corrected chi connectivity index (χ2v) is 10.8. The molecule has 6 nitrogen and oxygen atoms in total. The molecule has 0 saturated carbocycles. The molecular formula is C28H31Cl2F3N6. The molecular weight excluding hydrogens is 548 g/mol. The minimum absolute atomic E-state index is 0.0202. The van der Waals surface area contributed by atoms with E-state index < -0.39 is 11.7 Å². The number of halogens is 5. The van der Waals surface area contributed by atoms with Gasteiger partial charge in [-0.2, -0.15) is 18.2 Å². The Kier molecular flexibility index (Phi) is 8.67. The van der Waals surface area contributed by atoms with Crippen LogP contribution in [0.4, 0.5) is 30.8 Å². The molecule has 0 aliphatic carbocycles. The van der Waals surface area contributed by atoms with Gasteiger partial charge in [-0.05, 0) is 55.5 Å². The maximum atomic E-state index is 13.7. The van der Waals surface area contributed by atoms with E-state index >= 15 is 0 Å². The molecule has 208 valence electrons. The number of hydrogen-bond acceptors (Lipinski definition) is 6. The number of aromatic nitrogens is 3. The Morgan fingerprint density at radius 3 is 2.36 bits per heavy atom. The van der Waals surface area contributed by atoms with Crippen molar-refractivity contribution in [2.24, 2.45) is 0 Å². The summed E-state index contributed by atoms with van der Waals surface area (Å²) in [6.45, 7) is 3.13. The Balaban J connectivity index is 1.45. The summed E-state index contributed by atoms with van der Waals surface area (Å²) in [6, 6.07) is 7.96. The number of anilines is 3. The molecule has 0 amide bonds. The summed E-state index contributed by atoms with van der Waals surface area (Å²) in [4.78, 5) is 18.1. The molecule has 5 rings (SSSR count). The molecule has 0 unspecified atom stereocenters. The van der Waals surface area contributed by atoms with Gasteiger partial charge in [0.05, 0.1) is 21.3 Å². The molecule has 2 aromatic heterocycles. The van der Waals surface area contributed by atoms with Gasteiger partial charge in [-0.1, -0.05) is 42.1 Å². The van der Waals surface area contributed by atoms with Gasteiger partial charge in [0.1, 0.15) is 11.6 Å². The highest BCUT2D eigenvalue weighted by molar-refractivity contribution is 6.42. The van der Waals surface area contributed by atoms with Crippen molar-refractivity contribution < 1.29 is 13.2 Å². The van der Waals surface area contributed by atoms with Gasteiger partial charge in [0.25, 0.3) is 0 Å². The molecule has 11 heteroatoms. The molecule has 1 aromatic carbocycles. The smallest absolute Gasteiger partial charge is 0.366 e. The third kappa shape index (κ3) is 6.69. The van der Waals surface area contributed by atoms with Crippen molar-refractivity contribution in [1.82, 2.24) is 15.0 Å². The fourth-order valence-corrected chi connectivity index (χ4v) is 5.58. The normalized spacial score (nSPS) is 16.7. The molecule has 1 fully saturated rings. The van der Waals surface area contributed by atoms with Crippen LogP contribution >= 0.6 is 23.2 Å². The summed E-state index contributed by atoms with van der Waals surface area (Å²) in [5.41, 5.74) is 2.16. The van der Waals surface area contributed by atoms with Crippen LogP contribution in [0.5, 0.6) is 0 Å². The van der Waals surface area contributed by atoms with Gasteiger partial charge in [-0.15, -0.1) is 0 Å². The van der Waals surface area contributed by atoms with Crippen LogP contribution in [0, 0.1) is 0 Å². The summed E-state index contributed by atoms with van der Waals surface area (Å²) >= 11 is 12.3. The highest BCUT2D eigenvalue weighted by atomic mass is 35.5. The van der Waals surface area contributed by atoms with Crippen LogP contribution in [0.1, 0.15) is 54.5 Å². The van der Waals surface area contributed by atoms with Crippen LogP contribution in [-0.4, -0.2) is 41.1 Å². The van der Waals surface area contributed by atoms with Crippen LogP contribution in [-0.2, 0) is 25.6 Å². The van der Waals surface area contributed by atoms with Gasteiger partial charge < -0.3 is 15.1 Å². The SMILES string of the molecule is FC(F)(F)c1cccnc1N1CCCc2c(nc(N3CCCCCC3)nc2NCc2ccc(Cl)c(Cl)c2)CC1. The predicted molar refractivity (Wildman–Crippen MR) is 150 cm³/mol. The fourth-order valence-electron chi connectivity index (χ4n) is 5.26. The van der Waals surface area contributed by atoms with E-state index in [9.17, 15) is 13.2 Å². The molecule has 1 saturated heterocycles. The Labute approximate surface area is 236 Å². The van der Waals surface area contributed by atoms with Crippen molar-refractivity contribution in [1.29, 1.82) is 0 Å². The average Bonchev–Trinajstić information content (AvgIpc) is 3.19. The van der Waals surface area contributed by atoms with Gasteiger partial charge in [-0.3, -0.25) is 0 Å². The number of pyridine rings is 1. The molecule has 0 radical (unpaired) electrons. The van der Waals surface area contributed by atoms with E-state index in [2.05, 4.69) is 15.2 Å². The minimum atomic E-state index is -4.46. The van der Waals surface area contributed by atoms with E-state index in [4.69, 9.17) is 33.2 Å². The first-order valence-electron chi connectivity index (χ1n) is 13.4. The van der Waals surface area contributed by atoms with E-state index in [0.717, 1.165) is 54.6 Å². The number of alkyl halides is 3. The lowest BCUT2D eigenvalue weighted by molar-refractivity contribution is -0.137. The molecule has 39 heavy (non-hydrogen) atoms. The second kappa shape index (κ2) is 12.2. The van der Waals surface area contributed by atoms with Crippen LogP contribution in [0.2, 0.25) is 10.0 Å². The molecule has 0 spiro atoms. The third-order valence-corrected chi connectivity index (χ3v) is 8.02. The first-order valence-corrected chi connectivity index (χ1v) is 14.1. The standard InChI is InChI=1S/C28H31Cl2F3N6/c29-22-10-9-19(17-23(22)30)18-35-25-20-7-6-15-38(26-21(28(31,32)33)8-5-12-34-26)16-11-24(20)36-27(37-25)39-13-3-1-2-4-14-39/h5,8-10,12,17H,1-4,6-7,11,13-16,18H2,(H,35,36,37). The Morgan fingerprint density at radius 2 is 1.62 bits per heavy atom. The largest absolute Gasteiger partial charge is 0.419 e. The van der Waals surface area contributed by atoms with Crippen LogP contribution in [0.15, 0.2) is 36.5 Å². The Morgan fingerprint density at radius 1 is 0.846 bits per heavy atom. The van der Waals surface area contributed by atoms with E-state index in [-0.39, 0.29) is 5.82 Å². The zero-order valence-electron chi connectivity index (χ0n) is 21.6. The lowest BCUT2D eigenvalue weighted by Crippen LogP contribution is -2.33. The second-order valence-electron chi connectivity index (χ2n) is 10.0. The number of fused-ring (bicyclic) bond motifs is 1. The first kappa shape index (κ1) is 27.8. The number of rotatable bonds is 5. The average molecular weight is 579 g/mol. The first-order chi connectivity index (χ1) is 18.8. The molecule has 4 heterocycles. The van der Waals surface area contributed by atoms with Crippen LogP contribution in [0.25, 0.3) is 0 Å². The van der Waals surface area contributed by atoms with Crippen molar-refractivity contribution >= 4 is 40.8 Å². The van der Waals surface area contributed by atoms with Gasteiger partial charge in [-0.25, -0.2) is 9.97 Å². The highest BCUT2D eigenvalue weighted by Gasteiger charge is 2.36. The molecule has 2 aliphatic rings. The quantitative estimate of drug-likeness (QED) is 0.346. The van der Waals surface area contributed by atoms with E-state index in [1.807, 2.05) is 12.1 Å². The number of nitrogens with zero attached hydrogens (tertiary/aromatic N) is 5. The van der Waals surface area contributed by atoms with Crippen LogP contribution in [0.3, 0.4) is 0 Å². The van der Waals surface area contributed by atoms with Gasteiger partial charge >= 0.3 is 6.18 Å². The maximum Gasteiger partial charge on any atom is 0.419 e. The van der Waals surface area contributed by atoms with Crippen molar-refractivity contribution in [2.45, 2.75) is 57.7 Å². The molecule has 3 aromatic rings. The highest BCUT2D eigenvalue weighted by Crippen LogP contribution is 2.36. The van der Waals surface area contributed by atoms with Crippen molar-refractivity contribution in [3.8, 4) is 0 Å². The number of nitrogens with one attached hydrogen (secondary N) is 1. The molecule has 2 aliphatic heterocycles. The Bertz CT molecular complexity index is 1290.